The summed E-state index contributed by atoms with van der Waals surface area (Å²) < 4.78 is 40.9. The smallest absolute Gasteiger partial charge is 0.316 e. The molecule has 12 heteroatoms. The molecule has 2 heterocycles. The lowest BCUT2D eigenvalue weighted by Crippen LogP contribution is -2.46. The van der Waals surface area contributed by atoms with Gasteiger partial charge in [0.05, 0.1) is 17.1 Å². The lowest BCUT2D eigenvalue weighted by molar-refractivity contribution is 0.201. The average Bonchev–Trinajstić information content (AvgIpc) is 2.95. The Labute approximate surface area is 238 Å². The number of aromatic nitrogens is 4. The van der Waals surface area contributed by atoms with Crippen LogP contribution in [0.4, 0.5) is 5.82 Å². The van der Waals surface area contributed by atoms with Crippen molar-refractivity contribution in [2.24, 2.45) is 0 Å². The second-order valence-electron chi connectivity index (χ2n) is 9.59. The van der Waals surface area contributed by atoms with Crippen LogP contribution in [0.3, 0.4) is 0 Å². The largest absolute Gasteiger partial charge is 0.473 e. The topological polar surface area (TPSA) is 128 Å². The first-order valence-corrected chi connectivity index (χ1v) is 15.1. The number of thioether (sulfide) groups is 1. The molecule has 4 rings (SSSR count). The maximum Gasteiger partial charge on any atom is 0.316 e. The van der Waals surface area contributed by atoms with E-state index in [9.17, 15) is 13.5 Å². The van der Waals surface area contributed by atoms with Crippen molar-refractivity contribution in [1.29, 1.82) is 0 Å². The molecule has 0 spiro atoms. The Hall–Kier alpha value is -3.74. The fourth-order valence-corrected chi connectivity index (χ4v) is 6.01. The summed E-state index contributed by atoms with van der Waals surface area (Å²) in [5.74, 6) is 0.344. The van der Waals surface area contributed by atoms with Gasteiger partial charge in [0.15, 0.2) is 5.82 Å². The number of benzene rings is 2. The maximum atomic E-state index is 14.0. The average molecular weight is 582 g/mol. The number of aliphatic hydroxyl groups excluding tert-OH is 1. The van der Waals surface area contributed by atoms with Crippen LogP contribution in [-0.2, 0) is 16.6 Å². The predicted molar refractivity (Wildman–Crippen MR) is 154 cm³/mol. The van der Waals surface area contributed by atoms with Gasteiger partial charge in [-0.25, -0.2) is 32.7 Å². The molecular weight excluding hydrogens is 550 g/mol. The van der Waals surface area contributed by atoms with Gasteiger partial charge < -0.3 is 14.6 Å². The van der Waals surface area contributed by atoms with Gasteiger partial charge in [0.25, 0.3) is 10.0 Å². The normalized spacial score (nSPS) is 11.7. The van der Waals surface area contributed by atoms with E-state index >= 15 is 0 Å². The first kappa shape index (κ1) is 29.2. The summed E-state index contributed by atoms with van der Waals surface area (Å²) in [6.07, 6.45) is 6.56. The molecule has 0 fully saturated rings. The molecule has 1 N–H and O–H groups in total. The highest BCUT2D eigenvalue weighted by molar-refractivity contribution is 7.98. The van der Waals surface area contributed by atoms with E-state index in [4.69, 9.17) is 9.47 Å². The van der Waals surface area contributed by atoms with Crippen LogP contribution in [0.15, 0.2) is 83.1 Å². The fraction of sp³-hybridized carbons (Fsp3) is 0.286. The zero-order valence-corrected chi connectivity index (χ0v) is 24.3. The Bertz CT molecular complexity index is 1510. The minimum absolute atomic E-state index is 0.0900. The van der Waals surface area contributed by atoms with E-state index < -0.39 is 15.6 Å². The van der Waals surface area contributed by atoms with Crippen LogP contribution in [0.2, 0.25) is 0 Å². The van der Waals surface area contributed by atoms with Crippen LogP contribution < -0.4 is 13.8 Å². The van der Waals surface area contributed by atoms with E-state index in [-0.39, 0.29) is 42.4 Å². The van der Waals surface area contributed by atoms with Crippen molar-refractivity contribution >= 4 is 27.6 Å². The van der Waals surface area contributed by atoms with Crippen molar-refractivity contribution in [2.75, 3.05) is 23.8 Å². The Morgan fingerprint density at radius 3 is 2.15 bits per heavy atom. The number of hydrogen-bond donors (Lipinski definition) is 1. The Kier molecular flexibility index (Phi) is 9.23. The van der Waals surface area contributed by atoms with Gasteiger partial charge in [-0.15, -0.1) is 11.8 Å². The zero-order chi connectivity index (χ0) is 28.8. The third kappa shape index (κ3) is 6.69. The molecule has 0 unspecified atom stereocenters. The molecular formula is C28H31N5O5S2. The second-order valence-corrected chi connectivity index (χ2v) is 12.3. The molecule has 0 bridgehead atoms. The van der Waals surface area contributed by atoms with Crippen molar-refractivity contribution in [1.82, 2.24) is 19.9 Å². The summed E-state index contributed by atoms with van der Waals surface area (Å²) in [5.41, 5.74) is 0.818. The highest BCUT2D eigenvalue weighted by Crippen LogP contribution is 2.41. The van der Waals surface area contributed by atoms with Gasteiger partial charge in [-0.1, -0.05) is 42.5 Å². The van der Waals surface area contributed by atoms with E-state index in [2.05, 4.69) is 19.9 Å². The van der Waals surface area contributed by atoms with Crippen molar-refractivity contribution in [3.63, 3.8) is 0 Å². The van der Waals surface area contributed by atoms with Gasteiger partial charge in [0, 0.05) is 22.8 Å². The summed E-state index contributed by atoms with van der Waals surface area (Å²) in [6, 6.07) is 15.5. The standard InChI is InChI=1S/C28H31N5O5S2/c1-28(2,3)33(40(35,36)23-8-6-5-7-9-23)25-24(21-12-10-20(18-34)11-13-21)26(32-19-31-25)37-14-15-38-27-29-16-22(39-4)17-30-27/h5-13,16-17,19,34H,14-15,18H2,1-4H3. The van der Waals surface area contributed by atoms with Crippen molar-refractivity contribution in [2.45, 2.75) is 42.7 Å². The number of anilines is 1. The SMILES string of the molecule is CSc1cnc(OCCOc2ncnc(N(C(C)(C)C)S(=O)(=O)c3ccccc3)c2-c2ccc(CO)cc2)nc1. The molecule has 0 saturated carbocycles. The number of sulfonamides is 1. The van der Waals surface area contributed by atoms with Gasteiger partial charge in [0.1, 0.15) is 19.5 Å². The van der Waals surface area contributed by atoms with Crippen molar-refractivity contribution < 1.29 is 23.0 Å². The molecule has 0 aliphatic carbocycles. The predicted octanol–water partition coefficient (Wildman–Crippen LogP) is 4.60. The monoisotopic (exact) mass is 581 g/mol. The minimum atomic E-state index is -4.03. The van der Waals surface area contributed by atoms with E-state index in [0.717, 1.165) is 4.90 Å². The molecule has 0 amide bonds. The number of rotatable bonds is 11. The van der Waals surface area contributed by atoms with Crippen LogP contribution >= 0.6 is 11.8 Å². The van der Waals surface area contributed by atoms with Crippen LogP contribution in [0, 0.1) is 0 Å². The molecule has 0 aliphatic rings. The molecule has 0 saturated heterocycles. The highest BCUT2D eigenvalue weighted by Gasteiger charge is 2.38. The number of nitrogens with zero attached hydrogens (tertiary/aromatic N) is 5. The quantitative estimate of drug-likeness (QED) is 0.198. The summed E-state index contributed by atoms with van der Waals surface area (Å²) in [7, 11) is -4.03. The van der Waals surface area contributed by atoms with Gasteiger partial charge >= 0.3 is 6.01 Å². The molecule has 4 aromatic rings. The van der Waals surface area contributed by atoms with E-state index in [1.54, 1.807) is 87.8 Å². The molecule has 0 aliphatic heterocycles. The number of aliphatic hydroxyl groups is 1. The third-order valence-electron chi connectivity index (χ3n) is 5.69. The minimum Gasteiger partial charge on any atom is -0.473 e. The molecule has 40 heavy (non-hydrogen) atoms. The van der Waals surface area contributed by atoms with Crippen LogP contribution in [0.1, 0.15) is 26.3 Å². The third-order valence-corrected chi connectivity index (χ3v) is 8.45. The van der Waals surface area contributed by atoms with E-state index in [0.29, 0.717) is 16.7 Å². The van der Waals surface area contributed by atoms with Crippen LogP contribution in [0.5, 0.6) is 11.9 Å². The van der Waals surface area contributed by atoms with Crippen LogP contribution in [0.25, 0.3) is 11.1 Å². The van der Waals surface area contributed by atoms with Crippen molar-refractivity contribution in [3.8, 4) is 23.0 Å². The zero-order valence-electron chi connectivity index (χ0n) is 22.7. The lowest BCUT2D eigenvalue weighted by atomic mass is 10.0. The summed E-state index contributed by atoms with van der Waals surface area (Å²) >= 11 is 1.53. The Morgan fingerprint density at radius 2 is 1.55 bits per heavy atom. The van der Waals surface area contributed by atoms with Gasteiger partial charge in [-0.3, -0.25) is 0 Å². The van der Waals surface area contributed by atoms with Gasteiger partial charge in [-0.05, 0) is 50.3 Å². The molecule has 10 nitrogen and oxygen atoms in total. The van der Waals surface area contributed by atoms with Gasteiger partial charge in [0.2, 0.25) is 5.88 Å². The number of hydrogen-bond acceptors (Lipinski definition) is 10. The van der Waals surface area contributed by atoms with Crippen LogP contribution in [-0.4, -0.2) is 58.5 Å². The molecule has 2 aromatic heterocycles. The van der Waals surface area contributed by atoms with Gasteiger partial charge in [-0.2, -0.15) is 0 Å². The van der Waals surface area contributed by atoms with E-state index in [1.165, 1.54) is 22.4 Å². The number of ether oxygens (including phenoxy) is 2. The fourth-order valence-electron chi connectivity index (χ4n) is 3.90. The summed E-state index contributed by atoms with van der Waals surface area (Å²) in [6.45, 7) is 5.48. The van der Waals surface area contributed by atoms with Crippen molar-refractivity contribution in [3.05, 3.63) is 78.9 Å². The first-order valence-electron chi connectivity index (χ1n) is 12.4. The Balaban J connectivity index is 1.73. The Morgan fingerprint density at radius 1 is 0.900 bits per heavy atom. The molecule has 0 radical (unpaired) electrons. The summed E-state index contributed by atoms with van der Waals surface area (Å²) in [5, 5.41) is 9.54. The first-order chi connectivity index (χ1) is 19.1. The summed E-state index contributed by atoms with van der Waals surface area (Å²) in [4.78, 5) is 18.2. The lowest BCUT2D eigenvalue weighted by Gasteiger charge is -2.36. The highest BCUT2D eigenvalue weighted by atomic mass is 32.2. The maximum absolute atomic E-state index is 14.0. The molecule has 2 aromatic carbocycles. The molecule has 210 valence electrons. The molecule has 0 atom stereocenters. The van der Waals surface area contributed by atoms with E-state index in [1.807, 2.05) is 6.26 Å². The second kappa shape index (κ2) is 12.6.